The van der Waals surface area contributed by atoms with Gasteiger partial charge in [0, 0.05) is 43.9 Å². The lowest BCUT2D eigenvalue weighted by atomic mass is 9.99. The van der Waals surface area contributed by atoms with Crippen LogP contribution in [0.25, 0.3) is 0 Å². The van der Waals surface area contributed by atoms with Gasteiger partial charge in [-0.15, -0.1) is 0 Å². The summed E-state index contributed by atoms with van der Waals surface area (Å²) in [5.41, 5.74) is 0.838. The van der Waals surface area contributed by atoms with E-state index in [2.05, 4.69) is 12.2 Å². The second-order valence-electron chi connectivity index (χ2n) is 6.15. The third kappa shape index (κ3) is 4.46. The first-order valence-corrected chi connectivity index (χ1v) is 8.40. The average molecular weight is 336 g/mol. The number of ether oxygens (including phenoxy) is 3. The highest BCUT2D eigenvalue weighted by molar-refractivity contribution is 5.77. The van der Waals surface area contributed by atoms with E-state index in [0.717, 1.165) is 37.5 Å². The zero-order valence-corrected chi connectivity index (χ0v) is 15.1. The van der Waals surface area contributed by atoms with Crippen LogP contribution >= 0.6 is 0 Å². The molecule has 1 aliphatic rings. The van der Waals surface area contributed by atoms with Gasteiger partial charge in [-0.25, -0.2) is 0 Å². The Labute approximate surface area is 144 Å². The molecule has 0 aliphatic carbocycles. The number of carbonyl (C=O) groups is 1. The highest BCUT2D eigenvalue weighted by Gasteiger charge is 2.20. The molecule has 134 valence electrons. The smallest absolute Gasteiger partial charge is 0.224 e. The minimum absolute atomic E-state index is 0.210. The molecule has 1 N–H and O–H groups in total. The molecule has 0 spiro atoms. The number of carbonyl (C=O) groups excluding carboxylic acids is 1. The van der Waals surface area contributed by atoms with E-state index in [1.54, 1.807) is 21.3 Å². The van der Waals surface area contributed by atoms with Crippen LogP contribution in [0, 0.1) is 5.92 Å². The Morgan fingerprint density at radius 2 is 1.71 bits per heavy atom. The first-order chi connectivity index (χ1) is 11.6. The van der Waals surface area contributed by atoms with Crippen molar-refractivity contribution in [3.8, 4) is 17.2 Å². The monoisotopic (exact) mass is 336 g/mol. The Balaban J connectivity index is 1.91. The van der Waals surface area contributed by atoms with E-state index < -0.39 is 0 Å². The lowest BCUT2D eigenvalue weighted by Crippen LogP contribution is -2.38. The van der Waals surface area contributed by atoms with E-state index in [4.69, 9.17) is 14.2 Å². The van der Waals surface area contributed by atoms with Crippen molar-refractivity contribution in [3.63, 3.8) is 0 Å². The van der Waals surface area contributed by atoms with Crippen LogP contribution in [-0.4, -0.2) is 51.8 Å². The van der Waals surface area contributed by atoms with Crippen molar-refractivity contribution < 1.29 is 19.0 Å². The molecule has 0 bridgehead atoms. The number of nitrogens with zero attached hydrogens (tertiary/aromatic N) is 1. The number of piperidine rings is 1. The summed E-state index contributed by atoms with van der Waals surface area (Å²) in [6.45, 7) is 4.58. The van der Waals surface area contributed by atoms with E-state index in [9.17, 15) is 4.79 Å². The summed E-state index contributed by atoms with van der Waals surface area (Å²) in [6, 6.07) is 3.68. The number of hydrogen-bond donors (Lipinski definition) is 1. The minimum Gasteiger partial charge on any atom is -0.493 e. The molecule has 1 aliphatic heterocycles. The highest BCUT2D eigenvalue weighted by atomic mass is 16.5. The molecule has 0 atom stereocenters. The Morgan fingerprint density at radius 1 is 1.12 bits per heavy atom. The SMILES string of the molecule is COc1cc(NCCC(=O)N2CCC(C)CC2)cc(OC)c1OC. The maximum atomic E-state index is 12.3. The molecule has 1 saturated heterocycles. The van der Waals surface area contributed by atoms with Gasteiger partial charge in [-0.05, 0) is 18.8 Å². The highest BCUT2D eigenvalue weighted by Crippen LogP contribution is 2.39. The molecule has 1 amide bonds. The minimum atomic E-state index is 0.210. The fourth-order valence-corrected chi connectivity index (χ4v) is 2.91. The number of nitrogens with one attached hydrogen (secondary N) is 1. The van der Waals surface area contributed by atoms with Gasteiger partial charge in [-0.1, -0.05) is 6.92 Å². The molecule has 2 rings (SSSR count). The van der Waals surface area contributed by atoms with E-state index >= 15 is 0 Å². The van der Waals surface area contributed by atoms with Crippen LogP contribution in [0.4, 0.5) is 5.69 Å². The molecular formula is C18H28N2O4. The van der Waals surface area contributed by atoms with Crippen molar-refractivity contribution in [2.75, 3.05) is 46.3 Å². The number of hydrogen-bond acceptors (Lipinski definition) is 5. The van der Waals surface area contributed by atoms with Gasteiger partial charge in [0.2, 0.25) is 11.7 Å². The fourth-order valence-electron chi connectivity index (χ4n) is 2.91. The van der Waals surface area contributed by atoms with Crippen molar-refractivity contribution in [3.05, 3.63) is 12.1 Å². The number of likely N-dealkylation sites (tertiary alicyclic amines) is 1. The second kappa shape index (κ2) is 8.66. The van der Waals surface area contributed by atoms with Crippen molar-refractivity contribution in [1.29, 1.82) is 0 Å². The Hall–Kier alpha value is -2.11. The summed E-state index contributed by atoms with van der Waals surface area (Å²) in [7, 11) is 4.75. The van der Waals surface area contributed by atoms with Crippen LogP contribution in [0.5, 0.6) is 17.2 Å². The molecule has 6 heteroatoms. The van der Waals surface area contributed by atoms with Crippen LogP contribution in [0.1, 0.15) is 26.2 Å². The molecule has 1 heterocycles. The zero-order valence-electron chi connectivity index (χ0n) is 15.1. The van der Waals surface area contributed by atoms with Crippen LogP contribution in [0.15, 0.2) is 12.1 Å². The molecule has 0 radical (unpaired) electrons. The summed E-state index contributed by atoms with van der Waals surface area (Å²) in [5, 5.41) is 3.26. The van der Waals surface area contributed by atoms with Crippen molar-refractivity contribution in [2.45, 2.75) is 26.2 Å². The molecule has 0 unspecified atom stereocenters. The van der Waals surface area contributed by atoms with Gasteiger partial charge in [0.15, 0.2) is 11.5 Å². The van der Waals surface area contributed by atoms with Crippen molar-refractivity contribution in [1.82, 2.24) is 4.90 Å². The zero-order chi connectivity index (χ0) is 17.5. The number of benzene rings is 1. The number of methoxy groups -OCH3 is 3. The Bertz CT molecular complexity index is 529. The number of amides is 1. The van der Waals surface area contributed by atoms with Gasteiger partial charge in [0.25, 0.3) is 0 Å². The Morgan fingerprint density at radius 3 is 2.21 bits per heavy atom. The van der Waals surface area contributed by atoms with E-state index in [1.807, 2.05) is 17.0 Å². The van der Waals surface area contributed by atoms with Gasteiger partial charge >= 0.3 is 0 Å². The third-order valence-corrected chi connectivity index (χ3v) is 4.47. The quantitative estimate of drug-likeness (QED) is 0.830. The van der Waals surface area contributed by atoms with Crippen LogP contribution in [0.3, 0.4) is 0 Å². The lowest BCUT2D eigenvalue weighted by Gasteiger charge is -2.30. The van der Waals surface area contributed by atoms with Gasteiger partial charge in [-0.3, -0.25) is 4.79 Å². The van der Waals surface area contributed by atoms with Crippen molar-refractivity contribution in [2.24, 2.45) is 5.92 Å². The molecular weight excluding hydrogens is 308 g/mol. The number of rotatable bonds is 7. The number of anilines is 1. The molecule has 6 nitrogen and oxygen atoms in total. The average Bonchev–Trinajstić information content (AvgIpc) is 2.61. The second-order valence-corrected chi connectivity index (χ2v) is 6.15. The molecule has 1 aromatic carbocycles. The van der Waals surface area contributed by atoms with Crippen LogP contribution in [-0.2, 0) is 4.79 Å². The standard InChI is InChI=1S/C18H28N2O4/c1-13-6-9-20(10-7-13)17(21)5-8-19-14-11-15(22-2)18(24-4)16(12-14)23-3/h11-13,19H,5-10H2,1-4H3. The van der Waals surface area contributed by atoms with Crippen LogP contribution < -0.4 is 19.5 Å². The van der Waals surface area contributed by atoms with Gasteiger partial charge in [0.1, 0.15) is 0 Å². The molecule has 0 aromatic heterocycles. The van der Waals surface area contributed by atoms with Gasteiger partial charge in [0.05, 0.1) is 21.3 Å². The first-order valence-electron chi connectivity index (χ1n) is 8.40. The molecule has 1 fully saturated rings. The molecule has 24 heavy (non-hydrogen) atoms. The van der Waals surface area contributed by atoms with Gasteiger partial charge in [-0.2, -0.15) is 0 Å². The molecule has 1 aromatic rings. The fraction of sp³-hybridized carbons (Fsp3) is 0.611. The summed E-state index contributed by atoms with van der Waals surface area (Å²) in [4.78, 5) is 14.2. The summed E-state index contributed by atoms with van der Waals surface area (Å²) < 4.78 is 16.0. The maximum absolute atomic E-state index is 12.3. The van der Waals surface area contributed by atoms with E-state index in [0.29, 0.717) is 30.2 Å². The Kier molecular flexibility index (Phi) is 6.58. The first kappa shape index (κ1) is 18.2. The lowest BCUT2D eigenvalue weighted by molar-refractivity contribution is -0.132. The topological polar surface area (TPSA) is 60.0 Å². The summed E-state index contributed by atoms with van der Waals surface area (Å²) in [5.74, 6) is 2.68. The summed E-state index contributed by atoms with van der Waals surface area (Å²) in [6.07, 6.45) is 2.68. The largest absolute Gasteiger partial charge is 0.493 e. The predicted octanol–water partition coefficient (Wildman–Crippen LogP) is 2.77. The van der Waals surface area contributed by atoms with Crippen molar-refractivity contribution >= 4 is 11.6 Å². The predicted molar refractivity (Wildman–Crippen MR) is 94.2 cm³/mol. The molecule has 0 saturated carbocycles. The maximum Gasteiger partial charge on any atom is 0.224 e. The third-order valence-electron chi connectivity index (χ3n) is 4.47. The van der Waals surface area contributed by atoms with E-state index in [1.165, 1.54) is 0 Å². The van der Waals surface area contributed by atoms with E-state index in [-0.39, 0.29) is 5.91 Å². The van der Waals surface area contributed by atoms with Gasteiger partial charge < -0.3 is 24.4 Å². The normalized spacial score (nSPS) is 15.1. The summed E-state index contributed by atoms with van der Waals surface area (Å²) >= 11 is 0. The van der Waals surface area contributed by atoms with Crippen LogP contribution in [0.2, 0.25) is 0 Å².